The van der Waals surface area contributed by atoms with E-state index in [0.717, 1.165) is 50.6 Å². The van der Waals surface area contributed by atoms with Crippen molar-refractivity contribution in [2.45, 2.75) is 30.7 Å². The van der Waals surface area contributed by atoms with Gasteiger partial charge in [0.2, 0.25) is 0 Å². The van der Waals surface area contributed by atoms with Crippen molar-refractivity contribution in [3.63, 3.8) is 0 Å². The maximum absolute atomic E-state index is 12.9. The predicted octanol–water partition coefficient (Wildman–Crippen LogP) is 5.46. The zero-order valence-corrected chi connectivity index (χ0v) is 22.1. The number of aromatic hydroxyl groups is 1. The van der Waals surface area contributed by atoms with E-state index in [9.17, 15) is 13.5 Å². The lowest BCUT2D eigenvalue weighted by Gasteiger charge is -2.28. The number of hydrogen-bond acceptors (Lipinski definition) is 5. The van der Waals surface area contributed by atoms with E-state index in [1.165, 1.54) is 19.2 Å². The number of fused-ring (bicyclic) bond motifs is 1. The maximum Gasteiger partial charge on any atom is 0.262 e. The fourth-order valence-corrected chi connectivity index (χ4v) is 6.30. The van der Waals surface area contributed by atoms with E-state index in [2.05, 4.69) is 54.0 Å². The minimum Gasteiger partial charge on any atom is -0.506 e. The molecule has 33 heavy (non-hydrogen) atoms. The van der Waals surface area contributed by atoms with Crippen molar-refractivity contribution >= 4 is 47.6 Å². The summed E-state index contributed by atoms with van der Waals surface area (Å²) in [4.78, 5) is 0.0875. The summed E-state index contributed by atoms with van der Waals surface area (Å²) in [6.45, 7) is 2.82. The molecule has 1 atom stereocenters. The zero-order valence-electron chi connectivity index (χ0n) is 18.2. The standard InChI is InChI=1S/C24H24Br2N2O4S/c1-14-20(25)9-15(10-21(14)26)11-22-19-13-23(24(29)12-16(19)7-8-27-22)28-33(30,31)18-5-3-17(32-2)4-6-18/h3-6,9-10,12-13,22,27-29H,7-8,11H2,1-2H3. The molecule has 9 heteroatoms. The van der Waals surface area contributed by atoms with Gasteiger partial charge in [-0.25, -0.2) is 8.42 Å². The summed E-state index contributed by atoms with van der Waals surface area (Å²) in [5, 5.41) is 14.1. The number of nitrogens with one attached hydrogen (secondary N) is 2. The van der Waals surface area contributed by atoms with Crippen molar-refractivity contribution in [1.29, 1.82) is 0 Å². The molecule has 1 aliphatic rings. The van der Waals surface area contributed by atoms with Gasteiger partial charge in [-0.3, -0.25) is 4.72 Å². The smallest absolute Gasteiger partial charge is 0.262 e. The first kappa shape index (κ1) is 24.1. The normalized spacial score (nSPS) is 15.7. The first-order valence-electron chi connectivity index (χ1n) is 10.4. The molecule has 3 aromatic rings. The Morgan fingerprint density at radius 3 is 2.42 bits per heavy atom. The highest BCUT2D eigenvalue weighted by Crippen LogP contribution is 2.36. The monoisotopic (exact) mass is 594 g/mol. The summed E-state index contributed by atoms with van der Waals surface area (Å²) in [5.41, 5.74) is 4.41. The number of phenols is 1. The Labute approximate surface area is 210 Å². The third kappa shape index (κ3) is 5.21. The summed E-state index contributed by atoms with van der Waals surface area (Å²) < 4.78 is 35.5. The number of ether oxygens (including phenoxy) is 1. The number of sulfonamides is 1. The Balaban J connectivity index is 1.64. The highest BCUT2D eigenvalue weighted by Gasteiger charge is 2.24. The Morgan fingerprint density at radius 1 is 1.12 bits per heavy atom. The summed E-state index contributed by atoms with van der Waals surface area (Å²) in [7, 11) is -2.36. The first-order valence-corrected chi connectivity index (χ1v) is 13.5. The average molecular weight is 596 g/mol. The van der Waals surface area contributed by atoms with Gasteiger partial charge in [-0.1, -0.05) is 31.9 Å². The van der Waals surface area contributed by atoms with Crippen LogP contribution in [0.2, 0.25) is 0 Å². The molecule has 0 spiro atoms. The van der Waals surface area contributed by atoms with Crippen LogP contribution in [0.5, 0.6) is 11.5 Å². The van der Waals surface area contributed by atoms with Gasteiger partial charge in [0.05, 0.1) is 17.7 Å². The highest BCUT2D eigenvalue weighted by molar-refractivity contribution is 9.11. The Morgan fingerprint density at radius 2 is 1.79 bits per heavy atom. The van der Waals surface area contributed by atoms with Gasteiger partial charge in [-0.05, 0) is 97.1 Å². The Bertz CT molecular complexity index is 1270. The van der Waals surface area contributed by atoms with Gasteiger partial charge in [0.25, 0.3) is 10.0 Å². The molecule has 3 N–H and O–H groups in total. The molecule has 174 valence electrons. The predicted molar refractivity (Wildman–Crippen MR) is 137 cm³/mol. The van der Waals surface area contributed by atoms with Crippen molar-refractivity contribution in [1.82, 2.24) is 5.32 Å². The number of halogens is 2. The highest BCUT2D eigenvalue weighted by atomic mass is 79.9. The summed E-state index contributed by atoms with van der Waals surface area (Å²) in [6.07, 6.45) is 1.48. The SMILES string of the molecule is COc1ccc(S(=O)(=O)Nc2cc3c(cc2O)CCNC3Cc2cc(Br)c(C)c(Br)c2)cc1. The van der Waals surface area contributed by atoms with Crippen LogP contribution < -0.4 is 14.8 Å². The van der Waals surface area contributed by atoms with Crippen LogP contribution in [0.4, 0.5) is 5.69 Å². The van der Waals surface area contributed by atoms with Crippen LogP contribution in [0.25, 0.3) is 0 Å². The topological polar surface area (TPSA) is 87.7 Å². The molecule has 0 amide bonds. The van der Waals surface area contributed by atoms with Gasteiger partial charge in [0, 0.05) is 15.0 Å². The number of phenolic OH excluding ortho intramolecular Hbond substituents is 1. The number of methoxy groups -OCH3 is 1. The van der Waals surface area contributed by atoms with Crippen LogP contribution in [0.1, 0.15) is 28.3 Å². The molecular weight excluding hydrogens is 572 g/mol. The lowest BCUT2D eigenvalue weighted by Crippen LogP contribution is -2.31. The molecule has 0 saturated heterocycles. The second-order valence-corrected chi connectivity index (χ2v) is 11.4. The first-order chi connectivity index (χ1) is 15.7. The van der Waals surface area contributed by atoms with E-state index in [-0.39, 0.29) is 22.4 Å². The molecule has 6 nitrogen and oxygen atoms in total. The lowest BCUT2D eigenvalue weighted by molar-refractivity contribution is 0.414. The van der Waals surface area contributed by atoms with E-state index < -0.39 is 10.0 Å². The van der Waals surface area contributed by atoms with Gasteiger partial charge in [0.1, 0.15) is 11.5 Å². The van der Waals surface area contributed by atoms with Crippen molar-refractivity contribution in [3.8, 4) is 11.5 Å². The van der Waals surface area contributed by atoms with Crippen LogP contribution in [0.3, 0.4) is 0 Å². The van der Waals surface area contributed by atoms with Gasteiger partial charge in [-0.15, -0.1) is 0 Å². The van der Waals surface area contributed by atoms with Crippen molar-refractivity contribution < 1.29 is 18.3 Å². The van der Waals surface area contributed by atoms with Gasteiger partial charge in [0.15, 0.2) is 0 Å². The van der Waals surface area contributed by atoms with Crippen LogP contribution in [-0.2, 0) is 22.9 Å². The van der Waals surface area contributed by atoms with Crippen LogP contribution in [-0.4, -0.2) is 27.2 Å². The fourth-order valence-electron chi connectivity index (χ4n) is 3.95. The molecule has 3 aromatic carbocycles. The van der Waals surface area contributed by atoms with E-state index in [4.69, 9.17) is 4.74 Å². The fraction of sp³-hybridized carbons (Fsp3) is 0.250. The average Bonchev–Trinajstić information content (AvgIpc) is 2.78. The molecule has 1 aliphatic heterocycles. The molecule has 0 fully saturated rings. The second-order valence-electron chi connectivity index (χ2n) is 7.99. The molecule has 0 aliphatic carbocycles. The quantitative estimate of drug-likeness (QED) is 0.329. The number of anilines is 1. The van der Waals surface area contributed by atoms with Crippen LogP contribution >= 0.6 is 31.9 Å². The number of hydrogen-bond donors (Lipinski definition) is 3. The third-order valence-corrected chi connectivity index (χ3v) is 8.84. The summed E-state index contributed by atoms with van der Waals surface area (Å²) in [5.74, 6) is 0.473. The molecule has 0 radical (unpaired) electrons. The molecule has 0 bridgehead atoms. The van der Waals surface area contributed by atoms with Gasteiger partial charge >= 0.3 is 0 Å². The zero-order chi connectivity index (χ0) is 23.8. The van der Waals surface area contributed by atoms with E-state index in [1.807, 2.05) is 6.92 Å². The van der Waals surface area contributed by atoms with Crippen molar-refractivity contribution in [3.05, 3.63) is 79.7 Å². The lowest BCUT2D eigenvalue weighted by atomic mass is 9.89. The molecule has 4 rings (SSSR count). The Kier molecular flexibility index (Phi) is 7.04. The van der Waals surface area contributed by atoms with Crippen molar-refractivity contribution in [2.75, 3.05) is 18.4 Å². The van der Waals surface area contributed by atoms with E-state index >= 15 is 0 Å². The van der Waals surface area contributed by atoms with E-state index in [1.54, 1.807) is 24.3 Å². The van der Waals surface area contributed by atoms with Crippen molar-refractivity contribution in [2.24, 2.45) is 0 Å². The van der Waals surface area contributed by atoms with E-state index in [0.29, 0.717) is 5.75 Å². The molecule has 1 unspecified atom stereocenters. The van der Waals surface area contributed by atoms with Gasteiger partial charge in [-0.2, -0.15) is 0 Å². The van der Waals surface area contributed by atoms with Gasteiger partial charge < -0.3 is 15.2 Å². The Hall–Kier alpha value is -2.07. The molecule has 0 aromatic heterocycles. The molecule has 1 heterocycles. The minimum absolute atomic E-state index is 0.0138. The molecule has 0 saturated carbocycles. The molecular formula is C24H24Br2N2O4S. The summed E-state index contributed by atoms with van der Waals surface area (Å²) in [6, 6.07) is 13.7. The minimum atomic E-state index is -3.88. The number of rotatable bonds is 6. The second kappa shape index (κ2) is 9.66. The largest absolute Gasteiger partial charge is 0.506 e. The summed E-state index contributed by atoms with van der Waals surface area (Å²) >= 11 is 7.22. The van der Waals surface area contributed by atoms with Crippen LogP contribution in [0, 0.1) is 6.92 Å². The maximum atomic E-state index is 12.9. The number of benzene rings is 3. The van der Waals surface area contributed by atoms with Crippen LogP contribution in [0.15, 0.2) is 62.4 Å². The third-order valence-electron chi connectivity index (χ3n) is 5.81.